The lowest BCUT2D eigenvalue weighted by molar-refractivity contribution is 0.0600. The zero-order valence-electron chi connectivity index (χ0n) is 9.07. The highest BCUT2D eigenvalue weighted by atomic mass is 35.5. The summed E-state index contributed by atoms with van der Waals surface area (Å²) in [6.45, 7) is 0. The van der Waals surface area contributed by atoms with Gasteiger partial charge < -0.3 is 14.6 Å². The Kier molecular flexibility index (Phi) is 4.58. The van der Waals surface area contributed by atoms with Crippen molar-refractivity contribution < 1.29 is 19.4 Å². The predicted octanol–water partition coefficient (Wildman–Crippen LogP) is 1.75. The first kappa shape index (κ1) is 12.8. The van der Waals surface area contributed by atoms with Crippen LogP contribution in [0.4, 0.5) is 0 Å². The molecule has 0 saturated heterocycles. The number of halogens is 1. The van der Waals surface area contributed by atoms with Gasteiger partial charge in [-0.3, -0.25) is 0 Å². The van der Waals surface area contributed by atoms with E-state index >= 15 is 0 Å². The summed E-state index contributed by atoms with van der Waals surface area (Å²) in [6.07, 6.45) is -0.874. The maximum atomic E-state index is 11.3. The Morgan fingerprint density at radius 3 is 2.69 bits per heavy atom. The smallest absolute Gasteiger partial charge is 0.337 e. The summed E-state index contributed by atoms with van der Waals surface area (Å²) in [7, 11) is 2.78. The highest BCUT2D eigenvalue weighted by molar-refractivity contribution is 6.18. The lowest BCUT2D eigenvalue weighted by atomic mass is 10.1. The summed E-state index contributed by atoms with van der Waals surface area (Å²) in [5.41, 5.74) is 0.822. The van der Waals surface area contributed by atoms with Gasteiger partial charge in [-0.05, 0) is 18.2 Å². The Morgan fingerprint density at radius 2 is 2.19 bits per heavy atom. The molecule has 0 heterocycles. The average Bonchev–Trinajstić information content (AvgIpc) is 2.35. The molecule has 1 aromatic carbocycles. The van der Waals surface area contributed by atoms with Crippen LogP contribution in [0.3, 0.4) is 0 Å². The molecule has 1 aromatic rings. The van der Waals surface area contributed by atoms with E-state index in [1.54, 1.807) is 12.1 Å². The fraction of sp³-hybridized carbons (Fsp3) is 0.364. The number of carbonyl (C=O) groups excluding carboxylic acids is 1. The number of methoxy groups -OCH3 is 2. The lowest BCUT2D eigenvalue weighted by Crippen LogP contribution is -2.06. The van der Waals surface area contributed by atoms with Crippen molar-refractivity contribution in [2.75, 3.05) is 20.1 Å². The molecule has 1 atom stereocenters. The number of hydrogen-bond acceptors (Lipinski definition) is 4. The summed E-state index contributed by atoms with van der Waals surface area (Å²) >= 11 is 5.56. The van der Waals surface area contributed by atoms with Crippen molar-refractivity contribution in [2.45, 2.75) is 6.10 Å². The lowest BCUT2D eigenvalue weighted by Gasteiger charge is -2.13. The molecule has 0 aliphatic heterocycles. The minimum absolute atomic E-state index is 0.0288. The number of esters is 1. The second kappa shape index (κ2) is 5.72. The van der Waals surface area contributed by atoms with Crippen molar-refractivity contribution in [3.8, 4) is 5.75 Å². The molecule has 1 rings (SSSR count). The third-order valence-electron chi connectivity index (χ3n) is 2.16. The van der Waals surface area contributed by atoms with Crippen molar-refractivity contribution in [1.82, 2.24) is 0 Å². The monoisotopic (exact) mass is 244 g/mol. The van der Waals surface area contributed by atoms with Gasteiger partial charge >= 0.3 is 5.97 Å². The van der Waals surface area contributed by atoms with Crippen LogP contribution in [0.2, 0.25) is 0 Å². The molecule has 1 N–H and O–H groups in total. The van der Waals surface area contributed by atoms with Gasteiger partial charge in [-0.1, -0.05) is 0 Å². The number of aliphatic hydroxyl groups is 1. The molecule has 0 aliphatic rings. The Morgan fingerprint density at radius 1 is 1.50 bits per heavy atom. The van der Waals surface area contributed by atoms with Gasteiger partial charge in [0.2, 0.25) is 0 Å². The van der Waals surface area contributed by atoms with E-state index in [0.717, 1.165) is 0 Å². The molecule has 0 radical (unpaired) electrons. The van der Waals surface area contributed by atoms with E-state index < -0.39 is 12.1 Å². The van der Waals surface area contributed by atoms with Crippen molar-refractivity contribution in [1.29, 1.82) is 0 Å². The minimum Gasteiger partial charge on any atom is -0.496 e. The van der Waals surface area contributed by atoms with Crippen molar-refractivity contribution in [2.24, 2.45) is 0 Å². The van der Waals surface area contributed by atoms with E-state index in [0.29, 0.717) is 16.9 Å². The Labute approximate surface area is 98.7 Å². The predicted molar refractivity (Wildman–Crippen MR) is 60.0 cm³/mol. The molecule has 16 heavy (non-hydrogen) atoms. The van der Waals surface area contributed by atoms with Crippen LogP contribution in [0.15, 0.2) is 18.2 Å². The second-order valence-corrected chi connectivity index (χ2v) is 3.43. The Bertz CT molecular complexity index is 378. The van der Waals surface area contributed by atoms with Gasteiger partial charge in [-0.15, -0.1) is 11.6 Å². The standard InChI is InChI=1S/C11H13ClO4/c1-15-10-4-3-7(11(14)16-2)5-8(10)9(13)6-12/h3-5,9,13H,6H2,1-2H3. The van der Waals surface area contributed by atoms with E-state index in [1.807, 2.05) is 0 Å². The fourth-order valence-corrected chi connectivity index (χ4v) is 1.49. The van der Waals surface area contributed by atoms with Crippen LogP contribution in [-0.2, 0) is 4.74 Å². The third-order valence-corrected chi connectivity index (χ3v) is 2.45. The van der Waals surface area contributed by atoms with E-state index in [2.05, 4.69) is 4.74 Å². The molecule has 0 fully saturated rings. The molecule has 0 aliphatic carbocycles. The molecular weight excluding hydrogens is 232 g/mol. The molecule has 0 aromatic heterocycles. The molecule has 0 bridgehead atoms. The molecule has 4 nitrogen and oxygen atoms in total. The Balaban J connectivity index is 3.15. The number of carbonyl (C=O) groups is 1. The van der Waals surface area contributed by atoms with Crippen LogP contribution >= 0.6 is 11.6 Å². The zero-order chi connectivity index (χ0) is 12.1. The van der Waals surface area contributed by atoms with Gasteiger partial charge in [0.1, 0.15) is 5.75 Å². The van der Waals surface area contributed by atoms with Crippen molar-refractivity contribution >= 4 is 17.6 Å². The highest BCUT2D eigenvalue weighted by Crippen LogP contribution is 2.27. The summed E-state index contributed by atoms with van der Waals surface area (Å²) < 4.78 is 9.65. The van der Waals surface area contributed by atoms with Crippen LogP contribution < -0.4 is 4.74 Å². The van der Waals surface area contributed by atoms with Crippen LogP contribution in [-0.4, -0.2) is 31.2 Å². The number of benzene rings is 1. The SMILES string of the molecule is COC(=O)c1ccc(OC)c(C(O)CCl)c1. The molecule has 0 saturated carbocycles. The van der Waals surface area contributed by atoms with Gasteiger partial charge in [0.25, 0.3) is 0 Å². The first-order valence-electron chi connectivity index (χ1n) is 4.64. The van der Waals surface area contributed by atoms with E-state index in [-0.39, 0.29) is 5.88 Å². The van der Waals surface area contributed by atoms with Gasteiger partial charge in [-0.2, -0.15) is 0 Å². The number of aliphatic hydroxyl groups excluding tert-OH is 1. The minimum atomic E-state index is -0.874. The van der Waals surface area contributed by atoms with E-state index in [9.17, 15) is 9.90 Å². The molecule has 88 valence electrons. The molecule has 5 heteroatoms. The topological polar surface area (TPSA) is 55.8 Å². The quantitative estimate of drug-likeness (QED) is 0.648. The normalized spacial score (nSPS) is 12.0. The first-order chi connectivity index (χ1) is 7.63. The molecule has 0 amide bonds. The van der Waals surface area contributed by atoms with Crippen molar-refractivity contribution in [3.05, 3.63) is 29.3 Å². The third kappa shape index (κ3) is 2.65. The average molecular weight is 245 g/mol. The maximum Gasteiger partial charge on any atom is 0.337 e. The highest BCUT2D eigenvalue weighted by Gasteiger charge is 2.15. The van der Waals surface area contributed by atoms with Crippen molar-refractivity contribution in [3.63, 3.8) is 0 Å². The second-order valence-electron chi connectivity index (χ2n) is 3.12. The Hall–Kier alpha value is -1.26. The van der Waals surface area contributed by atoms with Gasteiger partial charge in [0, 0.05) is 5.56 Å². The number of hydrogen-bond donors (Lipinski definition) is 1. The van der Waals surface area contributed by atoms with Crippen LogP contribution in [0.1, 0.15) is 22.0 Å². The van der Waals surface area contributed by atoms with Crippen LogP contribution in [0, 0.1) is 0 Å². The number of rotatable bonds is 4. The largest absolute Gasteiger partial charge is 0.496 e. The summed E-state index contributed by atoms with van der Waals surface area (Å²) in [5.74, 6) is 0.0486. The summed E-state index contributed by atoms with van der Waals surface area (Å²) in [4.78, 5) is 11.3. The van der Waals surface area contributed by atoms with Gasteiger partial charge in [-0.25, -0.2) is 4.79 Å². The zero-order valence-corrected chi connectivity index (χ0v) is 9.82. The van der Waals surface area contributed by atoms with E-state index in [1.165, 1.54) is 20.3 Å². The maximum absolute atomic E-state index is 11.3. The van der Waals surface area contributed by atoms with Crippen LogP contribution in [0.25, 0.3) is 0 Å². The van der Waals surface area contributed by atoms with Crippen LogP contribution in [0.5, 0.6) is 5.75 Å². The number of alkyl halides is 1. The van der Waals surface area contributed by atoms with Gasteiger partial charge in [0.05, 0.1) is 31.8 Å². The molecular formula is C11H13ClO4. The molecule has 1 unspecified atom stereocenters. The first-order valence-corrected chi connectivity index (χ1v) is 5.17. The number of ether oxygens (including phenoxy) is 2. The van der Waals surface area contributed by atoms with Gasteiger partial charge in [0.15, 0.2) is 0 Å². The molecule has 0 spiro atoms. The summed E-state index contributed by atoms with van der Waals surface area (Å²) in [6, 6.07) is 4.67. The fourth-order valence-electron chi connectivity index (χ4n) is 1.32. The summed E-state index contributed by atoms with van der Waals surface area (Å²) in [5, 5.41) is 9.66. The van der Waals surface area contributed by atoms with E-state index in [4.69, 9.17) is 16.3 Å².